The first kappa shape index (κ1) is 16.0. The Balaban J connectivity index is 1.65. The molecular weight excluding hydrogens is 294 g/mol. The van der Waals surface area contributed by atoms with Gasteiger partial charge in [-0.1, -0.05) is 13.8 Å². The van der Waals surface area contributed by atoms with Gasteiger partial charge in [0.1, 0.15) is 5.75 Å². The largest absolute Gasteiger partial charge is 0.497 e. The van der Waals surface area contributed by atoms with Crippen molar-refractivity contribution in [1.82, 2.24) is 21.1 Å². The number of ether oxygens (including phenoxy) is 1. The monoisotopic (exact) mass is 319 g/mol. The zero-order valence-electron chi connectivity index (χ0n) is 13.8. The maximum Gasteiger partial charge on any atom is 0.230 e. The molecule has 2 saturated heterocycles. The van der Waals surface area contributed by atoms with E-state index in [0.29, 0.717) is 12.5 Å². The molecule has 0 bridgehead atoms. The number of anilines is 1. The van der Waals surface area contributed by atoms with Crippen molar-refractivity contribution in [3.63, 3.8) is 0 Å². The number of rotatable bonds is 5. The molecule has 2 aliphatic heterocycles. The Morgan fingerprint density at radius 1 is 1.35 bits per heavy atom. The SMILES string of the molecule is COc1ccc(NC2NC(=O)C3CNN(CC(C)C)C3N2)cc1. The predicted octanol–water partition coefficient (Wildman–Crippen LogP) is 0.529. The van der Waals surface area contributed by atoms with Crippen LogP contribution in [0.15, 0.2) is 24.3 Å². The van der Waals surface area contributed by atoms with E-state index in [1.54, 1.807) is 7.11 Å². The molecule has 3 unspecified atom stereocenters. The summed E-state index contributed by atoms with van der Waals surface area (Å²) in [7, 11) is 1.64. The highest BCUT2D eigenvalue weighted by Crippen LogP contribution is 2.21. The van der Waals surface area contributed by atoms with Crippen LogP contribution in [-0.2, 0) is 4.79 Å². The van der Waals surface area contributed by atoms with Crippen LogP contribution in [0.25, 0.3) is 0 Å². The van der Waals surface area contributed by atoms with Gasteiger partial charge in [0.05, 0.1) is 19.2 Å². The van der Waals surface area contributed by atoms with Crippen molar-refractivity contribution in [2.75, 3.05) is 25.5 Å². The summed E-state index contributed by atoms with van der Waals surface area (Å²) >= 11 is 0. The molecule has 0 aromatic heterocycles. The first-order chi connectivity index (χ1) is 11.1. The second-order valence-electron chi connectivity index (χ2n) is 6.44. The quantitative estimate of drug-likeness (QED) is 0.634. The zero-order chi connectivity index (χ0) is 16.4. The number of hydrogen-bond donors (Lipinski definition) is 4. The van der Waals surface area contributed by atoms with Crippen LogP contribution in [-0.4, -0.2) is 43.6 Å². The summed E-state index contributed by atoms with van der Waals surface area (Å²) in [5.41, 5.74) is 4.25. The van der Waals surface area contributed by atoms with Gasteiger partial charge in [0.25, 0.3) is 0 Å². The standard InChI is InChI=1S/C16H25N5O2/c1-10(2)9-21-14-13(8-17-21)15(22)20-16(19-14)18-11-4-6-12(23-3)7-5-11/h4-7,10,13-14,16-19H,8-9H2,1-3H3,(H,20,22). The van der Waals surface area contributed by atoms with Crippen LogP contribution in [0.2, 0.25) is 0 Å². The second-order valence-corrected chi connectivity index (χ2v) is 6.44. The number of nitrogens with one attached hydrogen (secondary N) is 4. The summed E-state index contributed by atoms with van der Waals surface area (Å²) in [6.45, 7) is 5.91. The lowest BCUT2D eigenvalue weighted by Crippen LogP contribution is -2.66. The molecule has 0 saturated carbocycles. The lowest BCUT2D eigenvalue weighted by molar-refractivity contribution is -0.129. The summed E-state index contributed by atoms with van der Waals surface area (Å²) in [6.07, 6.45) is -0.298. The lowest BCUT2D eigenvalue weighted by Gasteiger charge is -2.37. The van der Waals surface area contributed by atoms with Crippen molar-refractivity contribution in [2.45, 2.75) is 26.3 Å². The Morgan fingerprint density at radius 2 is 2.09 bits per heavy atom. The van der Waals surface area contributed by atoms with E-state index < -0.39 is 0 Å². The lowest BCUT2D eigenvalue weighted by atomic mass is 10.0. The third-order valence-corrected chi connectivity index (χ3v) is 4.15. The van der Waals surface area contributed by atoms with E-state index in [2.05, 4.69) is 40.2 Å². The molecule has 7 heteroatoms. The molecule has 2 heterocycles. The van der Waals surface area contributed by atoms with E-state index in [1.165, 1.54) is 0 Å². The van der Waals surface area contributed by atoms with Gasteiger partial charge >= 0.3 is 0 Å². The second kappa shape index (κ2) is 6.74. The van der Waals surface area contributed by atoms with Crippen molar-refractivity contribution < 1.29 is 9.53 Å². The Labute approximate surface area is 136 Å². The average molecular weight is 319 g/mol. The molecule has 1 aromatic rings. The number of nitrogens with zero attached hydrogens (tertiary/aromatic N) is 1. The summed E-state index contributed by atoms with van der Waals surface area (Å²) in [5, 5.41) is 11.9. The number of carbonyl (C=O) groups excluding carboxylic acids is 1. The van der Waals surface area contributed by atoms with Crippen LogP contribution < -0.4 is 26.1 Å². The third-order valence-electron chi connectivity index (χ3n) is 4.15. The summed E-state index contributed by atoms with van der Waals surface area (Å²) in [6, 6.07) is 7.63. The predicted molar refractivity (Wildman–Crippen MR) is 88.5 cm³/mol. The van der Waals surface area contributed by atoms with Crippen LogP contribution in [0.5, 0.6) is 5.75 Å². The normalized spacial score (nSPS) is 27.7. The molecule has 0 spiro atoms. The molecule has 23 heavy (non-hydrogen) atoms. The van der Waals surface area contributed by atoms with Gasteiger partial charge in [-0.2, -0.15) is 0 Å². The van der Waals surface area contributed by atoms with Gasteiger partial charge in [0.15, 0.2) is 6.29 Å². The van der Waals surface area contributed by atoms with Crippen LogP contribution in [0.1, 0.15) is 13.8 Å². The Kier molecular flexibility index (Phi) is 4.70. The van der Waals surface area contributed by atoms with Gasteiger partial charge in [-0.25, -0.2) is 5.01 Å². The summed E-state index contributed by atoms with van der Waals surface area (Å²) < 4.78 is 5.16. The molecule has 0 radical (unpaired) electrons. The molecule has 3 atom stereocenters. The van der Waals surface area contributed by atoms with E-state index in [-0.39, 0.29) is 24.3 Å². The molecule has 3 rings (SSSR count). The smallest absolute Gasteiger partial charge is 0.230 e. The number of benzene rings is 1. The van der Waals surface area contributed by atoms with Crippen molar-refractivity contribution in [3.05, 3.63) is 24.3 Å². The highest BCUT2D eigenvalue weighted by molar-refractivity contribution is 5.81. The van der Waals surface area contributed by atoms with Gasteiger partial charge in [-0.05, 0) is 30.2 Å². The van der Waals surface area contributed by atoms with E-state index in [4.69, 9.17) is 4.74 Å². The molecule has 1 amide bonds. The number of carbonyl (C=O) groups is 1. The first-order valence-corrected chi connectivity index (χ1v) is 8.04. The van der Waals surface area contributed by atoms with Crippen molar-refractivity contribution in [1.29, 1.82) is 0 Å². The van der Waals surface area contributed by atoms with E-state index in [1.807, 2.05) is 24.3 Å². The Hall–Kier alpha value is -1.83. The van der Waals surface area contributed by atoms with Gasteiger partial charge in [-0.15, -0.1) is 0 Å². The number of amides is 1. The van der Waals surface area contributed by atoms with Crippen LogP contribution in [0.3, 0.4) is 0 Å². The van der Waals surface area contributed by atoms with Crippen LogP contribution in [0, 0.1) is 11.8 Å². The summed E-state index contributed by atoms with van der Waals surface area (Å²) in [5.74, 6) is 1.33. The Bertz CT molecular complexity index is 548. The molecule has 2 fully saturated rings. The van der Waals surface area contributed by atoms with Crippen molar-refractivity contribution >= 4 is 11.6 Å². The maximum atomic E-state index is 12.3. The molecule has 0 aliphatic carbocycles. The molecule has 1 aromatic carbocycles. The van der Waals surface area contributed by atoms with Gasteiger partial charge < -0.3 is 15.4 Å². The highest BCUT2D eigenvalue weighted by atomic mass is 16.5. The average Bonchev–Trinajstić information content (AvgIpc) is 2.91. The number of hydrogen-bond acceptors (Lipinski definition) is 6. The summed E-state index contributed by atoms with van der Waals surface area (Å²) in [4.78, 5) is 12.3. The molecule has 4 N–H and O–H groups in total. The Morgan fingerprint density at radius 3 is 2.74 bits per heavy atom. The number of hydrazine groups is 1. The fourth-order valence-electron chi connectivity index (χ4n) is 3.05. The maximum absolute atomic E-state index is 12.3. The van der Waals surface area contributed by atoms with E-state index in [9.17, 15) is 4.79 Å². The molecule has 7 nitrogen and oxygen atoms in total. The fourth-order valence-corrected chi connectivity index (χ4v) is 3.05. The minimum atomic E-state index is -0.299. The first-order valence-electron chi connectivity index (χ1n) is 8.04. The zero-order valence-corrected chi connectivity index (χ0v) is 13.8. The van der Waals surface area contributed by atoms with E-state index >= 15 is 0 Å². The number of methoxy groups -OCH3 is 1. The molecule has 2 aliphatic rings. The van der Waals surface area contributed by atoms with E-state index in [0.717, 1.165) is 18.0 Å². The van der Waals surface area contributed by atoms with Gasteiger partial charge in [0, 0.05) is 18.8 Å². The van der Waals surface area contributed by atoms with Gasteiger partial charge in [0.2, 0.25) is 5.91 Å². The van der Waals surface area contributed by atoms with Crippen LogP contribution in [0.4, 0.5) is 5.69 Å². The fraction of sp³-hybridized carbons (Fsp3) is 0.562. The van der Waals surface area contributed by atoms with Crippen molar-refractivity contribution in [3.8, 4) is 5.75 Å². The highest BCUT2D eigenvalue weighted by Gasteiger charge is 2.43. The minimum absolute atomic E-state index is 0.00176. The minimum Gasteiger partial charge on any atom is -0.497 e. The third kappa shape index (κ3) is 3.57. The molecule has 126 valence electrons. The number of fused-ring (bicyclic) bond motifs is 1. The van der Waals surface area contributed by atoms with Gasteiger partial charge in [-0.3, -0.25) is 15.5 Å². The topological polar surface area (TPSA) is 77.7 Å². The van der Waals surface area contributed by atoms with Crippen LogP contribution >= 0.6 is 0 Å². The molecular formula is C16H25N5O2. The van der Waals surface area contributed by atoms with Crippen molar-refractivity contribution in [2.24, 2.45) is 11.8 Å².